The van der Waals surface area contributed by atoms with Gasteiger partial charge in [-0.25, -0.2) is 9.78 Å². The summed E-state index contributed by atoms with van der Waals surface area (Å²) in [6.45, 7) is 0. The van der Waals surface area contributed by atoms with E-state index < -0.39 is 11.9 Å². The summed E-state index contributed by atoms with van der Waals surface area (Å²) >= 11 is 0. The van der Waals surface area contributed by atoms with Gasteiger partial charge < -0.3 is 21.1 Å². The van der Waals surface area contributed by atoms with E-state index in [9.17, 15) is 9.59 Å². The Balaban J connectivity index is 1.84. The van der Waals surface area contributed by atoms with Gasteiger partial charge in [-0.15, -0.1) is 0 Å². The molecule has 4 N–H and O–H groups in total. The molecular formula is C19H17N5O3. The second-order valence-electron chi connectivity index (χ2n) is 5.51. The van der Waals surface area contributed by atoms with Gasteiger partial charge in [-0.1, -0.05) is 18.2 Å². The molecule has 2 aromatic carbocycles. The average Bonchev–Trinajstić information content (AvgIpc) is 2.69. The Hall–Kier alpha value is -3.94. The number of carbonyl (C=O) groups excluding carboxylic acids is 2. The van der Waals surface area contributed by atoms with Crippen molar-refractivity contribution in [1.82, 2.24) is 9.97 Å². The number of anilines is 4. The summed E-state index contributed by atoms with van der Waals surface area (Å²) in [5.41, 5.74) is 7.43. The van der Waals surface area contributed by atoms with Gasteiger partial charge in [-0.2, -0.15) is 4.98 Å². The number of primary amides is 1. The second-order valence-corrected chi connectivity index (χ2v) is 5.51. The molecule has 0 saturated heterocycles. The van der Waals surface area contributed by atoms with Crippen LogP contribution in [0.5, 0.6) is 0 Å². The molecule has 0 spiro atoms. The van der Waals surface area contributed by atoms with Crippen molar-refractivity contribution in [2.45, 2.75) is 0 Å². The molecule has 3 aromatic rings. The SMILES string of the molecule is COC(=O)c1ccc(Nc2ncc(C(N)=O)c(Nc3ccccc3)n2)cc1. The lowest BCUT2D eigenvalue weighted by Gasteiger charge is -2.11. The number of ether oxygens (including phenoxy) is 1. The fraction of sp³-hybridized carbons (Fsp3) is 0.0526. The number of nitrogens with zero attached hydrogens (tertiary/aromatic N) is 2. The standard InChI is InChI=1S/C19H17N5O3/c1-27-18(26)12-7-9-14(10-8-12)23-19-21-11-15(16(20)25)17(24-19)22-13-5-3-2-4-6-13/h2-11H,1H3,(H2,20,25)(H2,21,22,23,24). The van der Waals surface area contributed by atoms with Crippen molar-refractivity contribution in [1.29, 1.82) is 0 Å². The first-order valence-electron chi connectivity index (χ1n) is 8.01. The van der Waals surface area contributed by atoms with E-state index in [1.54, 1.807) is 24.3 Å². The molecule has 0 radical (unpaired) electrons. The van der Waals surface area contributed by atoms with E-state index in [4.69, 9.17) is 5.73 Å². The highest BCUT2D eigenvalue weighted by Crippen LogP contribution is 2.21. The fourth-order valence-electron chi connectivity index (χ4n) is 2.31. The number of carbonyl (C=O) groups is 2. The smallest absolute Gasteiger partial charge is 0.337 e. The lowest BCUT2D eigenvalue weighted by Crippen LogP contribution is -2.15. The summed E-state index contributed by atoms with van der Waals surface area (Å²) in [7, 11) is 1.32. The Morgan fingerprint density at radius 1 is 0.963 bits per heavy atom. The molecule has 0 aliphatic heterocycles. The number of hydrogen-bond acceptors (Lipinski definition) is 7. The molecule has 1 heterocycles. The predicted octanol–water partition coefficient (Wildman–Crippen LogP) is 2.85. The zero-order valence-electron chi connectivity index (χ0n) is 14.5. The number of esters is 1. The number of hydrogen-bond donors (Lipinski definition) is 3. The quantitative estimate of drug-likeness (QED) is 0.576. The van der Waals surface area contributed by atoms with Crippen LogP contribution in [0.3, 0.4) is 0 Å². The minimum atomic E-state index is -0.637. The van der Waals surface area contributed by atoms with Crippen LogP contribution in [-0.4, -0.2) is 29.0 Å². The topological polar surface area (TPSA) is 119 Å². The minimum absolute atomic E-state index is 0.172. The number of nitrogens with two attached hydrogens (primary N) is 1. The van der Waals surface area contributed by atoms with E-state index >= 15 is 0 Å². The Morgan fingerprint density at radius 2 is 1.63 bits per heavy atom. The van der Waals surface area contributed by atoms with Crippen LogP contribution < -0.4 is 16.4 Å². The zero-order valence-corrected chi connectivity index (χ0v) is 14.5. The lowest BCUT2D eigenvalue weighted by atomic mass is 10.2. The number of aromatic nitrogens is 2. The van der Waals surface area contributed by atoms with Crippen LogP contribution in [-0.2, 0) is 4.74 Å². The van der Waals surface area contributed by atoms with Crippen LogP contribution >= 0.6 is 0 Å². The van der Waals surface area contributed by atoms with Crippen molar-refractivity contribution in [3.63, 3.8) is 0 Å². The summed E-state index contributed by atoms with van der Waals surface area (Å²) in [6, 6.07) is 15.9. The molecule has 0 aliphatic rings. The average molecular weight is 363 g/mol. The van der Waals surface area contributed by atoms with E-state index in [0.717, 1.165) is 5.69 Å². The third-order valence-electron chi connectivity index (χ3n) is 3.65. The van der Waals surface area contributed by atoms with Gasteiger partial charge in [-0.05, 0) is 36.4 Å². The maximum Gasteiger partial charge on any atom is 0.337 e. The monoisotopic (exact) mass is 363 g/mol. The van der Waals surface area contributed by atoms with Gasteiger partial charge in [0.05, 0.1) is 12.7 Å². The van der Waals surface area contributed by atoms with Gasteiger partial charge in [-0.3, -0.25) is 4.79 Å². The number of nitrogens with one attached hydrogen (secondary N) is 2. The van der Waals surface area contributed by atoms with Crippen molar-refractivity contribution < 1.29 is 14.3 Å². The maximum absolute atomic E-state index is 11.6. The first-order chi connectivity index (χ1) is 13.1. The van der Waals surface area contributed by atoms with Gasteiger partial charge in [0.15, 0.2) is 0 Å². The van der Waals surface area contributed by atoms with Gasteiger partial charge in [0, 0.05) is 17.6 Å². The molecule has 3 rings (SSSR count). The summed E-state index contributed by atoms with van der Waals surface area (Å²) in [5, 5.41) is 6.07. The molecule has 1 amide bonds. The highest BCUT2D eigenvalue weighted by Gasteiger charge is 2.13. The molecule has 0 atom stereocenters. The summed E-state index contributed by atoms with van der Waals surface area (Å²) in [4.78, 5) is 31.6. The van der Waals surface area contributed by atoms with E-state index in [2.05, 4.69) is 25.3 Å². The molecule has 0 saturated carbocycles. The molecule has 1 aromatic heterocycles. The number of benzene rings is 2. The van der Waals surface area contributed by atoms with E-state index in [0.29, 0.717) is 11.3 Å². The number of amides is 1. The van der Waals surface area contributed by atoms with Gasteiger partial charge in [0.25, 0.3) is 5.91 Å². The highest BCUT2D eigenvalue weighted by atomic mass is 16.5. The van der Waals surface area contributed by atoms with Crippen LogP contribution in [0.2, 0.25) is 0 Å². The molecule has 0 fully saturated rings. The Bertz CT molecular complexity index is 959. The largest absolute Gasteiger partial charge is 0.465 e. The van der Waals surface area contributed by atoms with Crippen LogP contribution in [0, 0.1) is 0 Å². The number of rotatable bonds is 6. The molecular weight excluding hydrogens is 346 g/mol. The maximum atomic E-state index is 11.6. The molecule has 0 bridgehead atoms. The van der Waals surface area contributed by atoms with Gasteiger partial charge in [0.2, 0.25) is 5.95 Å². The highest BCUT2D eigenvalue weighted by molar-refractivity contribution is 5.98. The Morgan fingerprint density at radius 3 is 2.26 bits per heavy atom. The van der Waals surface area contributed by atoms with Crippen molar-refractivity contribution >= 4 is 35.0 Å². The van der Waals surface area contributed by atoms with Crippen LogP contribution in [0.4, 0.5) is 23.1 Å². The molecule has 8 heteroatoms. The predicted molar refractivity (Wildman–Crippen MR) is 101 cm³/mol. The molecule has 8 nitrogen and oxygen atoms in total. The van der Waals surface area contributed by atoms with Crippen molar-refractivity contribution in [2.24, 2.45) is 5.73 Å². The zero-order chi connectivity index (χ0) is 19.2. The molecule has 0 aliphatic carbocycles. The third-order valence-corrected chi connectivity index (χ3v) is 3.65. The number of para-hydroxylation sites is 1. The Labute approximate surface area is 155 Å². The third kappa shape index (κ3) is 4.37. The van der Waals surface area contributed by atoms with Gasteiger partial charge >= 0.3 is 5.97 Å². The lowest BCUT2D eigenvalue weighted by molar-refractivity contribution is 0.0600. The van der Waals surface area contributed by atoms with E-state index in [-0.39, 0.29) is 17.3 Å². The summed E-state index contributed by atoms with van der Waals surface area (Å²) in [5.74, 6) is -0.498. The first-order valence-corrected chi connectivity index (χ1v) is 8.01. The van der Waals surface area contributed by atoms with Crippen molar-refractivity contribution in [2.75, 3.05) is 17.7 Å². The second kappa shape index (κ2) is 7.96. The summed E-state index contributed by atoms with van der Waals surface area (Å²) < 4.78 is 4.67. The van der Waals surface area contributed by atoms with E-state index in [1.807, 2.05) is 30.3 Å². The van der Waals surface area contributed by atoms with E-state index in [1.165, 1.54) is 13.3 Å². The Kier molecular flexibility index (Phi) is 5.27. The van der Waals surface area contributed by atoms with Crippen molar-refractivity contribution in [3.8, 4) is 0 Å². The number of methoxy groups -OCH3 is 1. The van der Waals surface area contributed by atoms with Crippen LogP contribution in [0.1, 0.15) is 20.7 Å². The fourth-order valence-corrected chi connectivity index (χ4v) is 2.31. The van der Waals surface area contributed by atoms with Crippen LogP contribution in [0.25, 0.3) is 0 Å². The molecule has 0 unspecified atom stereocenters. The molecule has 27 heavy (non-hydrogen) atoms. The van der Waals surface area contributed by atoms with Crippen molar-refractivity contribution in [3.05, 3.63) is 71.9 Å². The van der Waals surface area contributed by atoms with Gasteiger partial charge in [0.1, 0.15) is 11.4 Å². The minimum Gasteiger partial charge on any atom is -0.465 e. The summed E-state index contributed by atoms with van der Waals surface area (Å²) in [6.07, 6.45) is 1.35. The molecule has 136 valence electrons. The normalized spacial score (nSPS) is 10.1. The first kappa shape index (κ1) is 17.9. The van der Waals surface area contributed by atoms with Crippen LogP contribution in [0.15, 0.2) is 60.8 Å².